The van der Waals surface area contributed by atoms with E-state index < -0.39 is 18.0 Å². The van der Waals surface area contributed by atoms with Gasteiger partial charge in [-0.1, -0.05) is 11.8 Å². The molecule has 15 nitrogen and oxygen atoms in total. The Bertz CT molecular complexity index is 2480. The number of carbonyl (C=O) groups is 2. The predicted molar refractivity (Wildman–Crippen MR) is 224 cm³/mol. The van der Waals surface area contributed by atoms with E-state index in [0.29, 0.717) is 44.2 Å². The van der Waals surface area contributed by atoms with Gasteiger partial charge in [0.25, 0.3) is 12.3 Å². The van der Waals surface area contributed by atoms with Crippen molar-refractivity contribution in [1.82, 2.24) is 34.6 Å². The van der Waals surface area contributed by atoms with Crippen LogP contribution in [0.25, 0.3) is 16.6 Å². The lowest BCUT2D eigenvalue weighted by atomic mass is 9.85. The van der Waals surface area contributed by atoms with E-state index in [1.54, 1.807) is 23.3 Å². The monoisotopic (exact) mass is 851 g/mol. The Labute approximate surface area is 357 Å². The number of nitrogens with zero attached hydrogens (tertiary/aromatic N) is 7. The van der Waals surface area contributed by atoms with Crippen molar-refractivity contribution in [3.05, 3.63) is 71.5 Å². The molecule has 17 heteroatoms. The molecule has 4 aliphatic heterocycles. The highest BCUT2D eigenvalue weighted by Gasteiger charge is 2.40. The van der Waals surface area contributed by atoms with Crippen LogP contribution in [0.4, 0.5) is 20.3 Å². The van der Waals surface area contributed by atoms with E-state index in [4.69, 9.17) is 23.6 Å². The van der Waals surface area contributed by atoms with Crippen molar-refractivity contribution >= 4 is 39.9 Å². The van der Waals surface area contributed by atoms with Gasteiger partial charge in [-0.3, -0.25) is 14.3 Å². The Kier molecular flexibility index (Phi) is 11.6. The minimum Gasteiger partial charge on any atom is -0.464 e. The van der Waals surface area contributed by atoms with Crippen LogP contribution < -0.4 is 15.5 Å². The maximum Gasteiger partial charge on any atom is 0.284 e. The van der Waals surface area contributed by atoms with E-state index in [1.165, 1.54) is 10.7 Å². The summed E-state index contributed by atoms with van der Waals surface area (Å²) in [7, 11) is 0. The molecule has 326 valence electrons. The van der Waals surface area contributed by atoms with Gasteiger partial charge in [-0.05, 0) is 81.5 Å². The number of fused-ring (bicyclic) bond motifs is 4. The van der Waals surface area contributed by atoms with Gasteiger partial charge in [-0.2, -0.15) is 10.2 Å². The lowest BCUT2D eigenvalue weighted by Gasteiger charge is -2.36. The van der Waals surface area contributed by atoms with Gasteiger partial charge in [-0.25, -0.2) is 18.3 Å². The molecule has 5 aliphatic rings. The van der Waals surface area contributed by atoms with E-state index >= 15 is 0 Å². The SMILES string of the molecule is O=C1CC[C@@H](c2coc3cc(C#CCOC4CCN(CC5CCC(n6cc(NC(=O)c7cnn8ccc(N9C[C@H]%10C[C@@H]9CO%10)nc78)c(C(F)F)n6)CC5)CC4)ccc23)COCN1. The minimum atomic E-state index is -2.85. The Morgan fingerprint density at radius 3 is 2.74 bits per heavy atom. The number of nitrogens with one attached hydrogen (secondary N) is 2. The van der Waals surface area contributed by atoms with Gasteiger partial charge in [-0.15, -0.1) is 0 Å². The number of carbonyl (C=O) groups excluding carboxylic acids is 2. The van der Waals surface area contributed by atoms with Crippen molar-refractivity contribution in [2.24, 2.45) is 5.92 Å². The summed E-state index contributed by atoms with van der Waals surface area (Å²) in [6.45, 7) is 5.45. The van der Waals surface area contributed by atoms with Gasteiger partial charge in [0.05, 0.1) is 55.7 Å². The Balaban J connectivity index is 0.675. The molecule has 5 aromatic rings. The number of aromatic nitrogens is 5. The van der Waals surface area contributed by atoms with Gasteiger partial charge in [0.1, 0.15) is 30.3 Å². The summed E-state index contributed by atoms with van der Waals surface area (Å²) < 4.78 is 55.1. The zero-order chi connectivity index (χ0) is 42.2. The van der Waals surface area contributed by atoms with Gasteiger partial charge in [0.15, 0.2) is 11.3 Å². The number of ether oxygens (including phenoxy) is 3. The van der Waals surface area contributed by atoms with Crippen molar-refractivity contribution in [3.8, 4) is 11.8 Å². The lowest BCUT2D eigenvalue weighted by Crippen LogP contribution is -2.40. The number of likely N-dealkylation sites (tertiary alicyclic amines) is 1. The molecule has 0 radical (unpaired) electrons. The van der Waals surface area contributed by atoms with Crippen LogP contribution in [-0.2, 0) is 19.0 Å². The predicted octanol–water partition coefficient (Wildman–Crippen LogP) is 6.07. The van der Waals surface area contributed by atoms with Crippen molar-refractivity contribution in [1.29, 1.82) is 0 Å². The summed E-state index contributed by atoms with van der Waals surface area (Å²) in [5, 5.41) is 15.0. The molecule has 62 heavy (non-hydrogen) atoms. The smallest absolute Gasteiger partial charge is 0.284 e. The first-order chi connectivity index (χ1) is 30.3. The molecule has 5 fully saturated rings. The molecular weight excluding hydrogens is 801 g/mol. The number of alkyl halides is 2. The Morgan fingerprint density at radius 2 is 1.94 bits per heavy atom. The van der Waals surface area contributed by atoms with Crippen molar-refractivity contribution in [2.75, 3.05) is 62.9 Å². The fraction of sp³-hybridized carbons (Fsp3) is 0.533. The van der Waals surface area contributed by atoms with Gasteiger partial charge < -0.3 is 39.1 Å². The molecule has 4 aromatic heterocycles. The number of hydrogen-bond acceptors (Lipinski definition) is 11. The second kappa shape index (κ2) is 17.8. The molecule has 1 aromatic carbocycles. The van der Waals surface area contributed by atoms with E-state index in [-0.39, 0.29) is 54.1 Å². The second-order valence-corrected chi connectivity index (χ2v) is 17.3. The van der Waals surface area contributed by atoms with E-state index in [9.17, 15) is 18.4 Å². The Hall–Kier alpha value is -5.41. The molecule has 1 saturated carbocycles. The highest BCUT2D eigenvalue weighted by atomic mass is 19.3. The number of amides is 2. The summed E-state index contributed by atoms with van der Waals surface area (Å²) in [6, 6.07) is 8.08. The first-order valence-electron chi connectivity index (χ1n) is 21.9. The number of furan rings is 1. The van der Waals surface area contributed by atoms with Crippen LogP contribution in [0.15, 0.2) is 53.5 Å². The third-order valence-electron chi connectivity index (χ3n) is 13.3. The number of benzene rings is 1. The van der Waals surface area contributed by atoms with Crippen LogP contribution >= 0.6 is 0 Å². The van der Waals surface area contributed by atoms with Crippen molar-refractivity contribution in [3.63, 3.8) is 0 Å². The summed E-state index contributed by atoms with van der Waals surface area (Å²) in [4.78, 5) is 34.8. The lowest BCUT2D eigenvalue weighted by molar-refractivity contribution is -0.124. The van der Waals surface area contributed by atoms with E-state index in [0.717, 1.165) is 99.0 Å². The molecule has 3 atom stereocenters. The van der Waals surface area contributed by atoms with Crippen molar-refractivity contribution in [2.45, 2.75) is 94.4 Å². The van der Waals surface area contributed by atoms with Crippen LogP contribution in [0.1, 0.15) is 103 Å². The fourth-order valence-electron chi connectivity index (χ4n) is 9.91. The minimum absolute atomic E-state index is 0.00123. The first-order valence-corrected chi connectivity index (χ1v) is 21.9. The molecule has 10 rings (SSSR count). The fourth-order valence-corrected chi connectivity index (χ4v) is 9.91. The quantitative estimate of drug-likeness (QED) is 0.158. The standard InChI is InChI=1S/C45H51F2N9O6/c46-43(47)42-38(50-45(58)36-20-49-55-16-13-40(51-44(36)55)54-22-34-19-32(54)25-61-34)23-56(52-42)31-7-3-29(4-8-31)21-53-14-11-33(12-15-53)60-17-1-2-28-5-9-35-37(26-62-39(35)18-28)30-6-10-41(57)48-27-59-24-30/h5,9,13,16,18,20,23,26,29-34,43H,3-4,6-8,10-12,14-15,17,19,21-22,24-25,27H2,(H,48,57)(H,50,58)/t29?,30-,31?,32-,34-/m1/s1. The molecule has 4 saturated heterocycles. The molecule has 2 amide bonds. The van der Waals surface area contributed by atoms with Crippen LogP contribution in [0.3, 0.4) is 0 Å². The molecule has 2 bridgehead atoms. The second-order valence-electron chi connectivity index (χ2n) is 17.3. The number of piperidine rings is 1. The molecule has 8 heterocycles. The first kappa shape index (κ1) is 40.6. The van der Waals surface area contributed by atoms with Gasteiger partial charge >= 0.3 is 0 Å². The maximum atomic E-state index is 14.3. The number of rotatable bonds is 10. The molecule has 0 spiro atoms. The van der Waals surface area contributed by atoms with Gasteiger partial charge in [0.2, 0.25) is 5.91 Å². The highest BCUT2D eigenvalue weighted by Crippen LogP contribution is 2.37. The molecule has 0 unspecified atom stereocenters. The van der Waals surface area contributed by atoms with Gasteiger partial charge in [0, 0.05) is 67.4 Å². The third kappa shape index (κ3) is 8.65. The normalized spacial score (nSPS) is 24.9. The third-order valence-corrected chi connectivity index (χ3v) is 13.3. The summed E-state index contributed by atoms with van der Waals surface area (Å²) >= 11 is 0. The summed E-state index contributed by atoms with van der Waals surface area (Å²) in [6.07, 6.45) is 11.6. The van der Waals surface area contributed by atoms with Crippen LogP contribution in [0.2, 0.25) is 0 Å². The summed E-state index contributed by atoms with van der Waals surface area (Å²) in [5.41, 5.74) is 2.83. The Morgan fingerprint density at radius 1 is 1.06 bits per heavy atom. The summed E-state index contributed by atoms with van der Waals surface area (Å²) in [5.74, 6) is 7.19. The van der Waals surface area contributed by atoms with E-state index in [2.05, 4.69) is 42.5 Å². The average Bonchev–Trinajstić information content (AvgIpc) is 4.14. The zero-order valence-corrected chi connectivity index (χ0v) is 34.5. The topological polar surface area (TPSA) is 154 Å². The molecular formula is C45H51F2N9O6. The van der Waals surface area contributed by atoms with Crippen LogP contribution in [0.5, 0.6) is 0 Å². The number of morpholine rings is 1. The highest BCUT2D eigenvalue weighted by molar-refractivity contribution is 6.08. The van der Waals surface area contributed by atoms with E-state index in [1.807, 2.05) is 24.3 Å². The number of halogens is 2. The number of hydrogen-bond donors (Lipinski definition) is 2. The van der Waals surface area contributed by atoms with Crippen LogP contribution in [0, 0.1) is 17.8 Å². The molecule has 2 N–H and O–H groups in total. The average molecular weight is 852 g/mol. The maximum absolute atomic E-state index is 14.3. The van der Waals surface area contributed by atoms with Crippen LogP contribution in [-0.4, -0.2) is 112 Å². The zero-order valence-electron chi connectivity index (χ0n) is 34.5. The molecule has 1 aliphatic carbocycles. The van der Waals surface area contributed by atoms with Crippen molar-refractivity contribution < 1.29 is 37.0 Å². The largest absolute Gasteiger partial charge is 0.464 e. The number of anilines is 2.